The van der Waals surface area contributed by atoms with Crippen LogP contribution in [0.3, 0.4) is 0 Å². The number of hydrogen-bond donors (Lipinski definition) is 2. The van der Waals surface area contributed by atoms with Crippen molar-refractivity contribution in [3.05, 3.63) is 47.3 Å². The molecule has 2 saturated heterocycles. The number of halogens is 1. The van der Waals surface area contributed by atoms with Gasteiger partial charge in [0.25, 0.3) is 5.91 Å². The number of fused-ring (bicyclic) bond motifs is 2. The topological polar surface area (TPSA) is 59.0 Å². The van der Waals surface area contributed by atoms with E-state index in [1.807, 2.05) is 48.9 Å². The van der Waals surface area contributed by atoms with Crippen molar-refractivity contribution in [3.8, 4) is 5.69 Å². The molecule has 2 fully saturated rings. The Bertz CT molecular complexity index is 746. The summed E-state index contributed by atoms with van der Waals surface area (Å²) in [6.07, 6.45) is 4.54. The summed E-state index contributed by atoms with van der Waals surface area (Å²) in [5.74, 6) is 0.0125. The highest BCUT2D eigenvalue weighted by Crippen LogP contribution is 2.27. The van der Waals surface area contributed by atoms with E-state index in [9.17, 15) is 4.79 Å². The average molecular weight is 361 g/mol. The second kappa shape index (κ2) is 7.18. The molecule has 134 valence electrons. The van der Waals surface area contributed by atoms with Gasteiger partial charge in [-0.25, -0.2) is 4.68 Å². The number of nitrogens with one attached hydrogen (secondary N) is 2. The smallest absolute Gasteiger partial charge is 0.255 e. The van der Waals surface area contributed by atoms with Crippen LogP contribution in [0.15, 0.2) is 30.3 Å². The second-order valence-electron chi connectivity index (χ2n) is 7.07. The summed E-state index contributed by atoms with van der Waals surface area (Å²) in [7, 11) is 0. The molecule has 1 aromatic heterocycles. The summed E-state index contributed by atoms with van der Waals surface area (Å²) in [4.78, 5) is 12.8. The van der Waals surface area contributed by atoms with Crippen LogP contribution in [-0.4, -0.2) is 33.8 Å². The highest BCUT2D eigenvalue weighted by atomic mass is 35.5. The maximum Gasteiger partial charge on any atom is 0.255 e. The molecular formula is C19H25ClN4O. The van der Waals surface area contributed by atoms with Gasteiger partial charge in [0.1, 0.15) is 0 Å². The number of aromatic nitrogens is 2. The van der Waals surface area contributed by atoms with Crippen LogP contribution in [0.5, 0.6) is 0 Å². The van der Waals surface area contributed by atoms with Gasteiger partial charge in [0.05, 0.1) is 22.6 Å². The molecule has 4 rings (SSSR count). The van der Waals surface area contributed by atoms with Gasteiger partial charge in [-0.15, -0.1) is 12.4 Å². The summed E-state index contributed by atoms with van der Waals surface area (Å²) >= 11 is 0. The van der Waals surface area contributed by atoms with Crippen molar-refractivity contribution in [2.24, 2.45) is 0 Å². The average Bonchev–Trinajstić information content (AvgIpc) is 3.07. The summed E-state index contributed by atoms with van der Waals surface area (Å²) in [5.41, 5.74) is 3.38. The lowest BCUT2D eigenvalue weighted by atomic mass is 9.99. The molecule has 0 saturated carbocycles. The number of piperidine rings is 1. The van der Waals surface area contributed by atoms with Gasteiger partial charge in [-0.05, 0) is 51.7 Å². The van der Waals surface area contributed by atoms with Gasteiger partial charge in [0.2, 0.25) is 0 Å². The Kier molecular flexibility index (Phi) is 5.16. The first-order valence-corrected chi connectivity index (χ1v) is 8.80. The molecule has 2 aliphatic heterocycles. The number of carbonyl (C=O) groups is 1. The van der Waals surface area contributed by atoms with Gasteiger partial charge in [-0.3, -0.25) is 4.79 Å². The number of aryl methyl sites for hydroxylation is 1. The summed E-state index contributed by atoms with van der Waals surface area (Å²) in [5, 5.41) is 11.4. The maximum absolute atomic E-state index is 12.8. The van der Waals surface area contributed by atoms with E-state index in [2.05, 4.69) is 15.7 Å². The highest BCUT2D eigenvalue weighted by Gasteiger charge is 2.34. The van der Waals surface area contributed by atoms with Gasteiger partial charge < -0.3 is 10.6 Å². The van der Waals surface area contributed by atoms with Crippen molar-refractivity contribution in [2.75, 3.05) is 0 Å². The number of carbonyl (C=O) groups excluding carboxylic acids is 1. The third-order valence-corrected chi connectivity index (χ3v) is 5.33. The number of benzene rings is 1. The van der Waals surface area contributed by atoms with Gasteiger partial charge in [-0.1, -0.05) is 18.2 Å². The first kappa shape index (κ1) is 18.0. The number of nitrogens with zero attached hydrogens (tertiary/aromatic N) is 2. The van der Waals surface area contributed by atoms with E-state index in [0.717, 1.165) is 29.9 Å². The van der Waals surface area contributed by atoms with Crippen LogP contribution in [0.25, 0.3) is 5.69 Å². The molecule has 0 aliphatic carbocycles. The fraction of sp³-hybridized carbons (Fsp3) is 0.474. The summed E-state index contributed by atoms with van der Waals surface area (Å²) in [6, 6.07) is 11.4. The molecule has 1 amide bonds. The predicted molar refractivity (Wildman–Crippen MR) is 101 cm³/mol. The summed E-state index contributed by atoms with van der Waals surface area (Å²) < 4.78 is 1.86. The maximum atomic E-state index is 12.8. The van der Waals surface area contributed by atoms with Crippen LogP contribution in [-0.2, 0) is 0 Å². The van der Waals surface area contributed by atoms with Gasteiger partial charge in [0.15, 0.2) is 0 Å². The molecule has 2 N–H and O–H groups in total. The lowest BCUT2D eigenvalue weighted by molar-refractivity contribution is 0.0922. The van der Waals surface area contributed by atoms with E-state index in [-0.39, 0.29) is 24.4 Å². The summed E-state index contributed by atoms with van der Waals surface area (Å²) in [6.45, 7) is 3.88. The molecule has 1 aromatic carbocycles. The molecule has 5 nitrogen and oxygen atoms in total. The molecule has 2 unspecified atom stereocenters. The molecule has 0 spiro atoms. The second-order valence-corrected chi connectivity index (χ2v) is 7.07. The predicted octanol–water partition coefficient (Wildman–Crippen LogP) is 2.92. The molecule has 2 bridgehead atoms. The van der Waals surface area contributed by atoms with Crippen LogP contribution in [0.4, 0.5) is 0 Å². The Morgan fingerprint density at radius 1 is 1.16 bits per heavy atom. The fourth-order valence-corrected chi connectivity index (χ4v) is 4.22. The van der Waals surface area contributed by atoms with E-state index in [0.29, 0.717) is 17.6 Å². The van der Waals surface area contributed by atoms with Crippen LogP contribution in [0.1, 0.15) is 47.4 Å². The van der Waals surface area contributed by atoms with Crippen LogP contribution < -0.4 is 10.6 Å². The molecular weight excluding hydrogens is 336 g/mol. The van der Waals surface area contributed by atoms with Crippen LogP contribution >= 0.6 is 12.4 Å². The minimum atomic E-state index is 0. The van der Waals surface area contributed by atoms with Gasteiger partial charge in [-0.2, -0.15) is 5.10 Å². The molecule has 2 aromatic rings. The third kappa shape index (κ3) is 3.44. The van der Waals surface area contributed by atoms with Gasteiger partial charge in [0, 0.05) is 18.1 Å². The first-order valence-electron chi connectivity index (χ1n) is 8.80. The Labute approximate surface area is 154 Å². The number of amides is 1. The molecule has 25 heavy (non-hydrogen) atoms. The van der Waals surface area contributed by atoms with E-state index < -0.39 is 0 Å². The standard InChI is InChI=1S/C19H24N4O.ClH/c1-12-18(13(2)23(22-12)17-6-4-3-5-7-17)19(24)21-16-10-14-8-9-15(11-16)20-14;/h3-7,14-16,20H,8-11H2,1-2H3,(H,21,24);1H. The van der Waals surface area contributed by atoms with Crippen molar-refractivity contribution < 1.29 is 4.79 Å². The first-order chi connectivity index (χ1) is 11.6. The zero-order valence-electron chi connectivity index (χ0n) is 14.7. The Morgan fingerprint density at radius 2 is 1.80 bits per heavy atom. The lowest BCUT2D eigenvalue weighted by Gasteiger charge is -2.29. The monoisotopic (exact) mass is 360 g/mol. The van der Waals surface area contributed by atoms with E-state index in [1.165, 1.54) is 12.8 Å². The number of rotatable bonds is 3. The van der Waals surface area contributed by atoms with Gasteiger partial charge >= 0.3 is 0 Å². The highest BCUT2D eigenvalue weighted by molar-refractivity contribution is 5.96. The van der Waals surface area contributed by atoms with Crippen molar-refractivity contribution in [1.29, 1.82) is 0 Å². The SMILES string of the molecule is Cc1nn(-c2ccccc2)c(C)c1C(=O)NC1CC2CCC(C1)N2.Cl. The minimum absolute atomic E-state index is 0. The molecule has 3 heterocycles. The Morgan fingerprint density at radius 3 is 2.44 bits per heavy atom. The fourth-order valence-electron chi connectivity index (χ4n) is 4.22. The van der Waals surface area contributed by atoms with Crippen molar-refractivity contribution in [3.63, 3.8) is 0 Å². The van der Waals surface area contributed by atoms with Crippen molar-refractivity contribution in [1.82, 2.24) is 20.4 Å². The van der Waals surface area contributed by atoms with Crippen molar-refractivity contribution in [2.45, 2.75) is 57.7 Å². The largest absolute Gasteiger partial charge is 0.349 e. The lowest BCUT2D eigenvalue weighted by Crippen LogP contribution is -2.48. The number of hydrogen-bond acceptors (Lipinski definition) is 3. The van der Waals surface area contributed by atoms with Crippen LogP contribution in [0.2, 0.25) is 0 Å². The van der Waals surface area contributed by atoms with Crippen LogP contribution in [0, 0.1) is 13.8 Å². The minimum Gasteiger partial charge on any atom is -0.349 e. The Hall–Kier alpha value is -1.85. The van der Waals surface area contributed by atoms with E-state index in [4.69, 9.17) is 0 Å². The third-order valence-electron chi connectivity index (χ3n) is 5.33. The molecule has 0 radical (unpaired) electrons. The van der Waals surface area contributed by atoms with E-state index in [1.54, 1.807) is 0 Å². The Balaban J connectivity index is 0.00000182. The zero-order chi connectivity index (χ0) is 16.7. The number of para-hydroxylation sites is 1. The van der Waals surface area contributed by atoms with E-state index >= 15 is 0 Å². The quantitative estimate of drug-likeness (QED) is 0.884. The van der Waals surface area contributed by atoms with Crippen molar-refractivity contribution >= 4 is 18.3 Å². The normalized spacial score (nSPS) is 24.6. The molecule has 2 aliphatic rings. The zero-order valence-corrected chi connectivity index (χ0v) is 15.5. The molecule has 6 heteroatoms. The molecule has 2 atom stereocenters.